The SMILES string of the molecule is CCOc1ccc(C(=O)N=c2sc3cc(C)ccc3n2CCOC)cc1. The average Bonchev–Trinajstić information content (AvgIpc) is 2.96. The molecular weight excluding hydrogens is 348 g/mol. The van der Waals surface area contributed by atoms with Crippen LogP contribution in [0.3, 0.4) is 0 Å². The van der Waals surface area contributed by atoms with Crippen molar-refractivity contribution in [3.8, 4) is 5.75 Å². The summed E-state index contributed by atoms with van der Waals surface area (Å²) < 4.78 is 13.8. The van der Waals surface area contributed by atoms with Crippen molar-refractivity contribution in [1.82, 2.24) is 4.57 Å². The van der Waals surface area contributed by atoms with Crippen LogP contribution in [-0.2, 0) is 11.3 Å². The molecule has 3 rings (SSSR count). The molecule has 0 atom stereocenters. The Morgan fingerprint density at radius 3 is 2.65 bits per heavy atom. The Morgan fingerprint density at radius 1 is 1.19 bits per heavy atom. The molecule has 1 amide bonds. The van der Waals surface area contributed by atoms with Crippen molar-refractivity contribution < 1.29 is 14.3 Å². The summed E-state index contributed by atoms with van der Waals surface area (Å²) in [6.45, 7) is 5.79. The maximum absolute atomic E-state index is 12.6. The van der Waals surface area contributed by atoms with Crippen molar-refractivity contribution in [1.29, 1.82) is 0 Å². The Labute approximate surface area is 156 Å². The van der Waals surface area contributed by atoms with E-state index in [9.17, 15) is 4.79 Å². The number of nitrogens with zero attached hydrogens (tertiary/aromatic N) is 2. The summed E-state index contributed by atoms with van der Waals surface area (Å²) in [5.41, 5.74) is 2.79. The maximum Gasteiger partial charge on any atom is 0.279 e. The van der Waals surface area contributed by atoms with Gasteiger partial charge in [-0.15, -0.1) is 0 Å². The molecule has 0 unspecified atom stereocenters. The molecule has 0 aliphatic rings. The molecule has 6 heteroatoms. The Kier molecular flexibility index (Phi) is 5.85. The van der Waals surface area contributed by atoms with Crippen molar-refractivity contribution >= 4 is 27.5 Å². The predicted octanol–water partition coefficient (Wildman–Crippen LogP) is 3.80. The van der Waals surface area contributed by atoms with E-state index >= 15 is 0 Å². The Bertz CT molecular complexity index is 971. The third-order valence-electron chi connectivity index (χ3n) is 3.97. The van der Waals surface area contributed by atoms with Crippen LogP contribution in [0.2, 0.25) is 0 Å². The molecule has 5 nitrogen and oxygen atoms in total. The van der Waals surface area contributed by atoms with Crippen LogP contribution in [0.5, 0.6) is 5.75 Å². The van der Waals surface area contributed by atoms with Gasteiger partial charge in [0, 0.05) is 19.2 Å². The number of fused-ring (bicyclic) bond motifs is 1. The molecule has 26 heavy (non-hydrogen) atoms. The molecule has 0 aliphatic heterocycles. The first-order chi connectivity index (χ1) is 12.6. The highest BCUT2D eigenvalue weighted by Crippen LogP contribution is 2.19. The van der Waals surface area contributed by atoms with Crippen LogP contribution in [0, 0.1) is 6.92 Å². The minimum Gasteiger partial charge on any atom is -0.494 e. The molecule has 0 spiro atoms. The summed E-state index contributed by atoms with van der Waals surface area (Å²) >= 11 is 1.52. The summed E-state index contributed by atoms with van der Waals surface area (Å²) in [6, 6.07) is 13.3. The van der Waals surface area contributed by atoms with E-state index in [2.05, 4.69) is 30.1 Å². The van der Waals surface area contributed by atoms with Gasteiger partial charge in [0.1, 0.15) is 5.75 Å². The van der Waals surface area contributed by atoms with Gasteiger partial charge in [-0.05, 0) is 55.8 Å². The van der Waals surface area contributed by atoms with Gasteiger partial charge >= 0.3 is 0 Å². The number of benzene rings is 2. The van der Waals surface area contributed by atoms with E-state index in [1.807, 2.05) is 11.5 Å². The van der Waals surface area contributed by atoms with Crippen LogP contribution in [0.4, 0.5) is 0 Å². The molecular formula is C20H22N2O3S. The summed E-state index contributed by atoms with van der Waals surface area (Å²) in [4.78, 5) is 17.7. The quantitative estimate of drug-likeness (QED) is 0.663. The van der Waals surface area contributed by atoms with Gasteiger partial charge in [0.15, 0.2) is 4.80 Å². The van der Waals surface area contributed by atoms with Crippen molar-refractivity contribution in [2.24, 2.45) is 4.99 Å². The van der Waals surface area contributed by atoms with Crippen LogP contribution in [-0.4, -0.2) is 30.8 Å². The van der Waals surface area contributed by atoms with Crippen LogP contribution in [0.1, 0.15) is 22.8 Å². The zero-order valence-electron chi connectivity index (χ0n) is 15.2. The second kappa shape index (κ2) is 8.29. The average molecular weight is 370 g/mol. The lowest BCUT2D eigenvalue weighted by Crippen LogP contribution is -2.19. The number of hydrogen-bond donors (Lipinski definition) is 0. The normalized spacial score (nSPS) is 11.9. The largest absolute Gasteiger partial charge is 0.494 e. The fourth-order valence-corrected chi connectivity index (χ4v) is 3.83. The molecule has 2 aromatic carbocycles. The smallest absolute Gasteiger partial charge is 0.279 e. The monoisotopic (exact) mass is 370 g/mol. The number of carbonyl (C=O) groups excluding carboxylic acids is 1. The van der Waals surface area contributed by atoms with Crippen molar-refractivity contribution in [2.45, 2.75) is 20.4 Å². The third-order valence-corrected chi connectivity index (χ3v) is 5.01. The van der Waals surface area contributed by atoms with Crippen LogP contribution in [0.15, 0.2) is 47.5 Å². The zero-order chi connectivity index (χ0) is 18.5. The van der Waals surface area contributed by atoms with Crippen molar-refractivity contribution in [3.05, 3.63) is 58.4 Å². The van der Waals surface area contributed by atoms with E-state index in [1.54, 1.807) is 31.4 Å². The Balaban J connectivity index is 2.00. The van der Waals surface area contributed by atoms with Gasteiger partial charge in [-0.1, -0.05) is 17.4 Å². The molecule has 0 saturated heterocycles. The molecule has 0 radical (unpaired) electrons. The van der Waals surface area contributed by atoms with Gasteiger partial charge in [-0.2, -0.15) is 4.99 Å². The molecule has 0 saturated carbocycles. The van der Waals surface area contributed by atoms with E-state index in [0.717, 1.165) is 16.0 Å². The van der Waals surface area contributed by atoms with E-state index in [-0.39, 0.29) is 5.91 Å². The number of aryl methyl sites for hydroxylation is 1. The standard InChI is InChI=1S/C20H22N2O3S/c1-4-25-16-8-6-15(7-9-16)19(23)21-20-22(11-12-24-3)17-10-5-14(2)13-18(17)26-20/h5-10,13H,4,11-12H2,1-3H3. The summed E-state index contributed by atoms with van der Waals surface area (Å²) in [5.74, 6) is 0.485. The van der Waals surface area contributed by atoms with E-state index in [0.29, 0.717) is 30.1 Å². The highest BCUT2D eigenvalue weighted by atomic mass is 32.1. The molecule has 1 heterocycles. The lowest BCUT2D eigenvalue weighted by molar-refractivity contribution is 0.0997. The highest BCUT2D eigenvalue weighted by Gasteiger charge is 2.10. The van der Waals surface area contributed by atoms with Gasteiger partial charge in [-0.3, -0.25) is 4.79 Å². The predicted molar refractivity (Wildman–Crippen MR) is 104 cm³/mol. The first kappa shape index (κ1) is 18.4. The molecule has 0 aliphatic carbocycles. The zero-order valence-corrected chi connectivity index (χ0v) is 16.0. The van der Waals surface area contributed by atoms with Gasteiger partial charge < -0.3 is 14.0 Å². The summed E-state index contributed by atoms with van der Waals surface area (Å²) in [7, 11) is 1.67. The molecule has 0 bridgehead atoms. The molecule has 0 fully saturated rings. The van der Waals surface area contributed by atoms with Gasteiger partial charge in [-0.25, -0.2) is 0 Å². The minimum absolute atomic E-state index is 0.262. The van der Waals surface area contributed by atoms with Crippen LogP contribution < -0.4 is 9.54 Å². The second-order valence-corrected chi connectivity index (χ2v) is 6.88. The fourth-order valence-electron chi connectivity index (χ4n) is 2.68. The van der Waals surface area contributed by atoms with E-state index < -0.39 is 0 Å². The number of carbonyl (C=O) groups is 1. The van der Waals surface area contributed by atoms with Crippen LogP contribution >= 0.6 is 11.3 Å². The number of hydrogen-bond acceptors (Lipinski definition) is 4. The first-order valence-electron chi connectivity index (χ1n) is 8.53. The Morgan fingerprint density at radius 2 is 1.96 bits per heavy atom. The molecule has 3 aromatic rings. The first-order valence-corrected chi connectivity index (χ1v) is 9.35. The minimum atomic E-state index is -0.262. The van der Waals surface area contributed by atoms with E-state index in [1.165, 1.54) is 16.9 Å². The number of aromatic nitrogens is 1. The maximum atomic E-state index is 12.6. The topological polar surface area (TPSA) is 52.8 Å². The van der Waals surface area contributed by atoms with Gasteiger partial charge in [0.05, 0.1) is 23.4 Å². The fraction of sp³-hybridized carbons (Fsp3) is 0.300. The van der Waals surface area contributed by atoms with Gasteiger partial charge in [0.2, 0.25) is 0 Å². The Hall–Kier alpha value is -2.44. The lowest BCUT2D eigenvalue weighted by Gasteiger charge is -2.05. The number of rotatable bonds is 6. The molecule has 136 valence electrons. The molecule has 1 aromatic heterocycles. The second-order valence-electron chi connectivity index (χ2n) is 5.87. The van der Waals surface area contributed by atoms with Crippen molar-refractivity contribution in [2.75, 3.05) is 20.3 Å². The van der Waals surface area contributed by atoms with Gasteiger partial charge in [0.25, 0.3) is 5.91 Å². The summed E-state index contributed by atoms with van der Waals surface area (Å²) in [6.07, 6.45) is 0. The highest BCUT2D eigenvalue weighted by molar-refractivity contribution is 7.16. The third kappa shape index (κ3) is 4.03. The number of methoxy groups -OCH3 is 1. The van der Waals surface area contributed by atoms with E-state index in [4.69, 9.17) is 9.47 Å². The molecule has 0 N–H and O–H groups in total. The number of ether oxygens (including phenoxy) is 2. The number of thiazole rings is 1. The summed E-state index contributed by atoms with van der Waals surface area (Å²) in [5, 5.41) is 0. The lowest BCUT2D eigenvalue weighted by atomic mass is 10.2. The van der Waals surface area contributed by atoms with Crippen molar-refractivity contribution in [3.63, 3.8) is 0 Å². The number of amides is 1. The van der Waals surface area contributed by atoms with Crippen LogP contribution in [0.25, 0.3) is 10.2 Å².